The Morgan fingerprint density at radius 1 is 1.03 bits per heavy atom. The molecule has 0 bridgehead atoms. The number of morpholine rings is 1. The van der Waals surface area contributed by atoms with Crippen LogP contribution in [0.15, 0.2) is 12.1 Å². The molecule has 2 fully saturated rings. The Bertz CT molecular complexity index is 1100. The third-order valence-electron chi connectivity index (χ3n) is 7.14. The Labute approximate surface area is 197 Å². The SMILES string of the molecule is Cc1ccc(Nc2nc(NC3CCC(N4CCOCC4)CC3)c3c4c(sc3n2)CCC4)s1. The lowest BCUT2D eigenvalue weighted by atomic mass is 9.90. The topological polar surface area (TPSA) is 62.3 Å². The van der Waals surface area contributed by atoms with Crippen molar-refractivity contribution < 1.29 is 4.74 Å². The molecule has 2 aliphatic carbocycles. The Kier molecular flexibility index (Phi) is 5.79. The van der Waals surface area contributed by atoms with Crippen LogP contribution < -0.4 is 10.6 Å². The molecule has 0 amide bonds. The number of nitrogens with zero attached hydrogens (tertiary/aromatic N) is 3. The molecule has 170 valence electrons. The summed E-state index contributed by atoms with van der Waals surface area (Å²) in [6.07, 6.45) is 8.52. The van der Waals surface area contributed by atoms with E-state index in [0.29, 0.717) is 18.0 Å². The predicted molar refractivity (Wildman–Crippen MR) is 134 cm³/mol. The molecule has 0 radical (unpaired) electrons. The lowest BCUT2D eigenvalue weighted by molar-refractivity contribution is 0.00791. The van der Waals surface area contributed by atoms with Gasteiger partial charge in [0.2, 0.25) is 5.95 Å². The van der Waals surface area contributed by atoms with Gasteiger partial charge in [0.1, 0.15) is 10.6 Å². The first-order chi connectivity index (χ1) is 15.7. The minimum absolute atomic E-state index is 0.485. The van der Waals surface area contributed by atoms with Crippen molar-refractivity contribution in [2.24, 2.45) is 0 Å². The van der Waals surface area contributed by atoms with Crippen molar-refractivity contribution in [2.75, 3.05) is 36.9 Å². The van der Waals surface area contributed by atoms with Crippen LogP contribution in [0.3, 0.4) is 0 Å². The molecule has 1 aliphatic heterocycles. The van der Waals surface area contributed by atoms with Gasteiger partial charge in [0.15, 0.2) is 0 Å². The molecule has 0 atom stereocenters. The molecule has 3 aromatic heterocycles. The fraction of sp³-hybridized carbons (Fsp3) is 0.583. The van der Waals surface area contributed by atoms with Crippen molar-refractivity contribution in [3.8, 4) is 0 Å². The van der Waals surface area contributed by atoms with Gasteiger partial charge in [-0.15, -0.1) is 22.7 Å². The average molecular weight is 470 g/mol. The summed E-state index contributed by atoms with van der Waals surface area (Å²) in [6, 6.07) is 5.45. The van der Waals surface area contributed by atoms with Gasteiger partial charge in [0.25, 0.3) is 0 Å². The minimum Gasteiger partial charge on any atom is -0.379 e. The third-order valence-corrected chi connectivity index (χ3v) is 9.24. The summed E-state index contributed by atoms with van der Waals surface area (Å²) in [4.78, 5) is 16.5. The van der Waals surface area contributed by atoms with Crippen LogP contribution in [-0.2, 0) is 17.6 Å². The average Bonchev–Trinajstić information content (AvgIpc) is 3.51. The molecular formula is C24H31N5OS2. The molecule has 3 aromatic rings. The van der Waals surface area contributed by atoms with Gasteiger partial charge in [-0.3, -0.25) is 4.90 Å². The summed E-state index contributed by atoms with van der Waals surface area (Å²) < 4.78 is 5.54. The third kappa shape index (κ3) is 4.14. The first kappa shape index (κ1) is 20.8. The number of anilines is 3. The number of fused-ring (bicyclic) bond motifs is 3. The lowest BCUT2D eigenvalue weighted by Gasteiger charge is -2.39. The molecule has 32 heavy (non-hydrogen) atoms. The fourth-order valence-corrected chi connectivity index (χ4v) is 7.51. The summed E-state index contributed by atoms with van der Waals surface area (Å²) in [5, 5.41) is 9.71. The highest BCUT2D eigenvalue weighted by Crippen LogP contribution is 2.41. The van der Waals surface area contributed by atoms with E-state index in [2.05, 4.69) is 34.6 Å². The maximum Gasteiger partial charge on any atom is 0.231 e. The van der Waals surface area contributed by atoms with Gasteiger partial charge in [-0.05, 0) is 69.6 Å². The Morgan fingerprint density at radius 2 is 1.88 bits per heavy atom. The van der Waals surface area contributed by atoms with Gasteiger partial charge in [-0.25, -0.2) is 4.98 Å². The van der Waals surface area contributed by atoms with Crippen LogP contribution in [0.25, 0.3) is 10.2 Å². The predicted octanol–water partition coefficient (Wildman–Crippen LogP) is 5.35. The highest BCUT2D eigenvalue weighted by molar-refractivity contribution is 7.19. The van der Waals surface area contributed by atoms with E-state index in [0.717, 1.165) is 48.4 Å². The van der Waals surface area contributed by atoms with E-state index in [1.165, 1.54) is 59.2 Å². The second kappa shape index (κ2) is 8.89. The van der Waals surface area contributed by atoms with E-state index >= 15 is 0 Å². The maximum absolute atomic E-state index is 5.54. The number of aryl methyl sites for hydroxylation is 3. The number of thiophene rings is 2. The highest BCUT2D eigenvalue weighted by atomic mass is 32.1. The summed E-state index contributed by atoms with van der Waals surface area (Å²) in [7, 11) is 0. The molecule has 2 N–H and O–H groups in total. The molecule has 1 saturated carbocycles. The molecule has 6 rings (SSSR count). The maximum atomic E-state index is 5.54. The van der Waals surface area contributed by atoms with Crippen molar-refractivity contribution in [3.63, 3.8) is 0 Å². The molecule has 8 heteroatoms. The number of hydrogen-bond acceptors (Lipinski definition) is 8. The van der Waals surface area contributed by atoms with Crippen molar-refractivity contribution in [3.05, 3.63) is 27.5 Å². The van der Waals surface area contributed by atoms with E-state index in [4.69, 9.17) is 14.7 Å². The number of hydrogen-bond donors (Lipinski definition) is 2. The van der Waals surface area contributed by atoms with E-state index in [9.17, 15) is 0 Å². The first-order valence-corrected chi connectivity index (χ1v) is 13.6. The summed E-state index contributed by atoms with van der Waals surface area (Å²) >= 11 is 3.61. The van der Waals surface area contributed by atoms with Gasteiger partial charge in [-0.2, -0.15) is 4.98 Å². The molecule has 0 aromatic carbocycles. The second-order valence-corrected chi connectivity index (χ2v) is 11.6. The van der Waals surface area contributed by atoms with Crippen molar-refractivity contribution in [2.45, 2.75) is 64.0 Å². The number of ether oxygens (including phenoxy) is 1. The van der Waals surface area contributed by atoms with Gasteiger partial charge >= 0.3 is 0 Å². The zero-order valence-corrected chi connectivity index (χ0v) is 20.3. The van der Waals surface area contributed by atoms with Crippen LogP contribution in [-0.4, -0.2) is 53.3 Å². The molecule has 3 aliphatic rings. The minimum atomic E-state index is 0.485. The van der Waals surface area contributed by atoms with Crippen molar-refractivity contribution in [1.29, 1.82) is 0 Å². The Morgan fingerprint density at radius 3 is 2.66 bits per heavy atom. The van der Waals surface area contributed by atoms with Crippen molar-refractivity contribution in [1.82, 2.24) is 14.9 Å². The van der Waals surface area contributed by atoms with E-state index in [1.807, 2.05) is 11.3 Å². The van der Waals surface area contributed by atoms with Gasteiger partial charge in [0, 0.05) is 34.9 Å². The van der Waals surface area contributed by atoms with Crippen LogP contribution >= 0.6 is 22.7 Å². The Balaban J connectivity index is 1.23. The molecule has 6 nitrogen and oxygen atoms in total. The van der Waals surface area contributed by atoms with Crippen molar-refractivity contribution >= 4 is 49.7 Å². The van der Waals surface area contributed by atoms with Crippen LogP contribution in [0.5, 0.6) is 0 Å². The van der Waals surface area contributed by atoms with Crippen LogP contribution in [0.2, 0.25) is 0 Å². The Hall–Kier alpha value is -1.74. The molecule has 4 heterocycles. The number of aromatic nitrogens is 2. The number of nitrogens with one attached hydrogen (secondary N) is 2. The summed E-state index contributed by atoms with van der Waals surface area (Å²) in [5.74, 6) is 1.75. The largest absolute Gasteiger partial charge is 0.379 e. The van der Waals surface area contributed by atoms with Crippen LogP contribution in [0, 0.1) is 6.92 Å². The van der Waals surface area contributed by atoms with Gasteiger partial charge in [-0.1, -0.05) is 0 Å². The highest BCUT2D eigenvalue weighted by Gasteiger charge is 2.29. The molecule has 0 spiro atoms. The van der Waals surface area contributed by atoms with Gasteiger partial charge in [0.05, 0.1) is 23.6 Å². The van der Waals surface area contributed by atoms with Crippen LogP contribution in [0.1, 0.15) is 47.4 Å². The lowest BCUT2D eigenvalue weighted by Crippen LogP contribution is -2.46. The molecular weight excluding hydrogens is 438 g/mol. The van der Waals surface area contributed by atoms with E-state index in [-0.39, 0.29) is 0 Å². The normalized spacial score (nSPS) is 24.0. The summed E-state index contributed by atoms with van der Waals surface area (Å²) in [5.41, 5.74) is 1.49. The first-order valence-electron chi connectivity index (χ1n) is 12.0. The molecule has 0 unspecified atom stereocenters. The van der Waals surface area contributed by atoms with E-state index in [1.54, 1.807) is 11.3 Å². The monoisotopic (exact) mass is 469 g/mol. The summed E-state index contributed by atoms with van der Waals surface area (Å²) in [6.45, 7) is 6.09. The zero-order chi connectivity index (χ0) is 21.5. The molecule has 1 saturated heterocycles. The van der Waals surface area contributed by atoms with Gasteiger partial charge < -0.3 is 15.4 Å². The zero-order valence-electron chi connectivity index (χ0n) is 18.7. The van der Waals surface area contributed by atoms with E-state index < -0.39 is 0 Å². The number of rotatable bonds is 5. The van der Waals surface area contributed by atoms with Crippen LogP contribution in [0.4, 0.5) is 16.8 Å². The second-order valence-electron chi connectivity index (χ2n) is 9.27. The fourth-order valence-electron chi connectivity index (χ4n) is 5.49. The smallest absolute Gasteiger partial charge is 0.231 e. The quantitative estimate of drug-likeness (QED) is 0.525. The standard InChI is InChI=1S/C24H31N5OS2/c1-15-5-10-20(31-15)26-24-27-22(21-18-3-2-4-19(18)32-23(21)28-24)25-16-6-8-17(9-7-16)29-11-13-30-14-12-29/h5,10,16-17H,2-4,6-9,11-14H2,1H3,(H2,25,26,27,28).